The van der Waals surface area contributed by atoms with Gasteiger partial charge in [-0.05, 0) is 63.0 Å². The quantitative estimate of drug-likeness (QED) is 0.168. The van der Waals surface area contributed by atoms with Crippen LogP contribution in [0.15, 0.2) is 176 Å². The van der Waals surface area contributed by atoms with Crippen LogP contribution >= 0.6 is 0 Å². The summed E-state index contributed by atoms with van der Waals surface area (Å²) in [7, 11) is 0. The van der Waals surface area contributed by atoms with E-state index in [-0.39, 0.29) is 0 Å². The summed E-state index contributed by atoms with van der Waals surface area (Å²) in [6.07, 6.45) is 0. The molecular formula is C49H29F2N3. The van der Waals surface area contributed by atoms with Crippen LogP contribution in [0.1, 0.15) is 0 Å². The molecule has 0 aliphatic rings. The van der Waals surface area contributed by atoms with E-state index in [9.17, 15) is 8.78 Å². The number of pyridine rings is 1. The van der Waals surface area contributed by atoms with Gasteiger partial charge in [-0.15, -0.1) is 0 Å². The van der Waals surface area contributed by atoms with Gasteiger partial charge in [-0.2, -0.15) is 0 Å². The first-order valence-corrected chi connectivity index (χ1v) is 17.8. The molecule has 0 saturated heterocycles. The van der Waals surface area contributed by atoms with E-state index >= 15 is 0 Å². The van der Waals surface area contributed by atoms with Crippen LogP contribution < -0.4 is 0 Å². The van der Waals surface area contributed by atoms with Gasteiger partial charge in [0.1, 0.15) is 11.6 Å². The molecule has 0 radical (unpaired) electrons. The fraction of sp³-hybridized carbons (Fsp3) is 0. The predicted octanol–water partition coefficient (Wildman–Crippen LogP) is 13.1. The van der Waals surface area contributed by atoms with Crippen molar-refractivity contribution in [1.29, 1.82) is 0 Å². The topological polar surface area (TPSA) is 38.7 Å². The molecule has 8 aromatic carbocycles. The SMILES string of the molecule is Fc1cc(F)cc(-c2nc3cc(-c4cccc(-c5nc(-c6ccccc6)cc(-c6ccccc6)n5)c4)ccc3c3c4ccccc4c4ccccc4c23)c1. The third-order valence-corrected chi connectivity index (χ3v) is 10.1. The summed E-state index contributed by atoms with van der Waals surface area (Å²) in [5, 5.41) is 7.01. The van der Waals surface area contributed by atoms with E-state index in [1.807, 2.05) is 78.9 Å². The smallest absolute Gasteiger partial charge is 0.160 e. The van der Waals surface area contributed by atoms with E-state index in [0.717, 1.165) is 88.5 Å². The van der Waals surface area contributed by atoms with Crippen LogP contribution in [-0.2, 0) is 0 Å². The van der Waals surface area contributed by atoms with Crippen LogP contribution in [0.2, 0.25) is 0 Å². The van der Waals surface area contributed by atoms with Crippen LogP contribution in [-0.4, -0.2) is 15.0 Å². The highest BCUT2D eigenvalue weighted by atomic mass is 19.1. The Morgan fingerprint density at radius 1 is 0.315 bits per heavy atom. The molecule has 3 nitrogen and oxygen atoms in total. The number of nitrogens with zero attached hydrogens (tertiary/aromatic N) is 3. The molecule has 0 aliphatic heterocycles. The van der Waals surface area contributed by atoms with E-state index in [4.69, 9.17) is 15.0 Å². The number of aromatic nitrogens is 3. The number of fused-ring (bicyclic) bond motifs is 8. The van der Waals surface area contributed by atoms with Crippen molar-refractivity contribution in [2.75, 3.05) is 0 Å². The second-order valence-corrected chi connectivity index (χ2v) is 13.5. The summed E-state index contributed by atoms with van der Waals surface area (Å²) in [6.45, 7) is 0. The normalized spacial score (nSPS) is 11.5. The van der Waals surface area contributed by atoms with Gasteiger partial charge in [0, 0.05) is 44.5 Å². The van der Waals surface area contributed by atoms with Crippen molar-refractivity contribution in [3.8, 4) is 56.3 Å². The molecule has 0 spiro atoms. The second-order valence-electron chi connectivity index (χ2n) is 13.5. The predicted molar refractivity (Wildman–Crippen MR) is 217 cm³/mol. The lowest BCUT2D eigenvalue weighted by molar-refractivity contribution is 0.584. The Balaban J connectivity index is 1.19. The van der Waals surface area contributed by atoms with Gasteiger partial charge in [0.15, 0.2) is 5.82 Å². The lowest BCUT2D eigenvalue weighted by Crippen LogP contribution is -1.96. The summed E-state index contributed by atoms with van der Waals surface area (Å²) >= 11 is 0. The maximum absolute atomic E-state index is 14.8. The summed E-state index contributed by atoms with van der Waals surface area (Å²) in [4.78, 5) is 15.3. The fourth-order valence-corrected chi connectivity index (χ4v) is 7.69. The second kappa shape index (κ2) is 12.8. The Morgan fingerprint density at radius 2 is 0.833 bits per heavy atom. The Bertz CT molecular complexity index is 2990. The lowest BCUT2D eigenvalue weighted by atomic mass is 9.89. The van der Waals surface area contributed by atoms with Gasteiger partial charge in [-0.1, -0.05) is 140 Å². The third kappa shape index (κ3) is 5.46. The molecule has 0 bridgehead atoms. The number of rotatable bonds is 5. The van der Waals surface area contributed by atoms with Crippen molar-refractivity contribution in [2.45, 2.75) is 0 Å². The maximum atomic E-state index is 14.8. The first-order chi connectivity index (χ1) is 26.6. The van der Waals surface area contributed by atoms with Gasteiger partial charge in [0.05, 0.1) is 22.6 Å². The molecule has 0 amide bonds. The minimum atomic E-state index is -0.648. The molecule has 0 fully saturated rings. The zero-order chi connectivity index (χ0) is 36.2. The van der Waals surface area contributed by atoms with Crippen LogP contribution in [0.4, 0.5) is 8.78 Å². The molecule has 0 aliphatic carbocycles. The number of halogens is 2. The van der Waals surface area contributed by atoms with E-state index < -0.39 is 11.6 Å². The largest absolute Gasteiger partial charge is 0.247 e. The third-order valence-electron chi connectivity index (χ3n) is 10.1. The summed E-state index contributed by atoms with van der Waals surface area (Å²) in [5.41, 5.74) is 8.13. The molecule has 10 aromatic rings. The Labute approximate surface area is 309 Å². The molecular weight excluding hydrogens is 669 g/mol. The number of benzene rings is 8. The van der Waals surface area contributed by atoms with Crippen molar-refractivity contribution in [3.05, 3.63) is 188 Å². The highest BCUT2D eigenvalue weighted by Gasteiger charge is 2.19. The van der Waals surface area contributed by atoms with Gasteiger partial charge in [0.2, 0.25) is 0 Å². The number of hydrogen-bond acceptors (Lipinski definition) is 3. The van der Waals surface area contributed by atoms with Gasteiger partial charge < -0.3 is 0 Å². The van der Waals surface area contributed by atoms with Gasteiger partial charge in [-0.3, -0.25) is 0 Å². The van der Waals surface area contributed by atoms with Gasteiger partial charge in [-0.25, -0.2) is 23.7 Å². The van der Waals surface area contributed by atoms with Crippen molar-refractivity contribution >= 4 is 43.2 Å². The summed E-state index contributed by atoms with van der Waals surface area (Å²) in [5.74, 6) is -0.676. The Hall–Kier alpha value is -7.11. The van der Waals surface area contributed by atoms with Gasteiger partial charge in [0.25, 0.3) is 0 Å². The summed E-state index contributed by atoms with van der Waals surface area (Å²) < 4.78 is 29.6. The lowest BCUT2D eigenvalue weighted by Gasteiger charge is -2.17. The van der Waals surface area contributed by atoms with Gasteiger partial charge >= 0.3 is 0 Å². The average Bonchev–Trinajstić information content (AvgIpc) is 3.23. The minimum absolute atomic E-state index is 0.386. The molecule has 0 atom stereocenters. The Kier molecular flexibility index (Phi) is 7.51. The summed E-state index contributed by atoms with van der Waals surface area (Å²) in [6, 6.07) is 56.9. The molecule has 10 rings (SSSR count). The van der Waals surface area contributed by atoms with Crippen molar-refractivity contribution < 1.29 is 8.78 Å². The van der Waals surface area contributed by atoms with E-state index in [1.165, 1.54) is 12.1 Å². The van der Waals surface area contributed by atoms with Crippen LogP contribution in [0.3, 0.4) is 0 Å². The molecule has 2 aromatic heterocycles. The van der Waals surface area contributed by atoms with E-state index in [1.54, 1.807) is 0 Å². The monoisotopic (exact) mass is 697 g/mol. The molecule has 0 unspecified atom stereocenters. The Morgan fingerprint density at radius 3 is 1.46 bits per heavy atom. The minimum Gasteiger partial charge on any atom is -0.247 e. The molecule has 5 heteroatoms. The van der Waals surface area contributed by atoms with Crippen LogP contribution in [0.5, 0.6) is 0 Å². The van der Waals surface area contributed by atoms with Crippen molar-refractivity contribution in [2.24, 2.45) is 0 Å². The first kappa shape index (κ1) is 31.6. The molecule has 54 heavy (non-hydrogen) atoms. The maximum Gasteiger partial charge on any atom is 0.160 e. The van der Waals surface area contributed by atoms with Crippen molar-refractivity contribution in [1.82, 2.24) is 15.0 Å². The highest BCUT2D eigenvalue weighted by Crippen LogP contribution is 2.43. The van der Waals surface area contributed by atoms with Crippen LogP contribution in [0, 0.1) is 11.6 Å². The van der Waals surface area contributed by atoms with Crippen LogP contribution in [0.25, 0.3) is 99.5 Å². The van der Waals surface area contributed by atoms with E-state index in [0.29, 0.717) is 17.1 Å². The molecule has 0 saturated carbocycles. The van der Waals surface area contributed by atoms with E-state index in [2.05, 4.69) is 78.9 Å². The molecule has 2 heterocycles. The zero-order valence-corrected chi connectivity index (χ0v) is 28.8. The molecule has 254 valence electrons. The first-order valence-electron chi connectivity index (χ1n) is 17.8. The standard InChI is InChI=1S/C49H29F2N3/c50-36-25-35(26-37(51)28-36)48-47-41-21-10-8-19-39(41)38-18-7-9-20-40(38)46(47)42-23-22-33(27-45(42)52-48)32-16-11-17-34(24-32)49-53-43(30-12-3-1-4-13-30)29-44(54-49)31-14-5-2-6-15-31/h1-29H. The zero-order valence-electron chi connectivity index (χ0n) is 28.8. The highest BCUT2D eigenvalue weighted by molar-refractivity contribution is 6.33. The van der Waals surface area contributed by atoms with Crippen molar-refractivity contribution in [3.63, 3.8) is 0 Å². The number of hydrogen-bond donors (Lipinski definition) is 0. The average molecular weight is 698 g/mol. The fourth-order valence-electron chi connectivity index (χ4n) is 7.69. The molecule has 0 N–H and O–H groups in total.